The van der Waals surface area contributed by atoms with Crippen LogP contribution in [0.15, 0.2) is 30.4 Å². The summed E-state index contributed by atoms with van der Waals surface area (Å²) < 4.78 is 20.9. The Kier molecular flexibility index (Phi) is 13.9. The molecule has 0 radical (unpaired) electrons. The third-order valence-electron chi connectivity index (χ3n) is 5.10. The van der Waals surface area contributed by atoms with Crippen LogP contribution in [0.25, 0.3) is 6.08 Å². The minimum Gasteiger partial charge on any atom is -0.493 e. The second-order valence-corrected chi connectivity index (χ2v) is 7.52. The molecule has 0 spiro atoms. The summed E-state index contributed by atoms with van der Waals surface area (Å²) in [6.07, 6.45) is 4.78. The number of hydrogen-bond donors (Lipinski definition) is 2. The van der Waals surface area contributed by atoms with Crippen LogP contribution in [0.3, 0.4) is 0 Å². The molecular formula is C25H34N2O10. The maximum atomic E-state index is 12.5. The Hall–Kier alpha value is -4.06. The van der Waals surface area contributed by atoms with Crippen molar-refractivity contribution in [1.29, 1.82) is 0 Å². The first-order valence-corrected chi connectivity index (χ1v) is 11.4. The molecule has 1 fully saturated rings. The molecule has 12 heteroatoms. The molecule has 1 aromatic rings. The maximum absolute atomic E-state index is 12.5. The predicted molar refractivity (Wildman–Crippen MR) is 134 cm³/mol. The number of carboxylic acids is 2. The van der Waals surface area contributed by atoms with E-state index < -0.39 is 11.9 Å². The van der Waals surface area contributed by atoms with Gasteiger partial charge in [0.2, 0.25) is 11.7 Å². The predicted octanol–water partition coefficient (Wildman–Crippen LogP) is 1.53. The van der Waals surface area contributed by atoms with Crippen LogP contribution >= 0.6 is 0 Å². The fourth-order valence-electron chi connectivity index (χ4n) is 3.29. The van der Waals surface area contributed by atoms with Gasteiger partial charge in [0.1, 0.15) is 0 Å². The molecule has 0 unspecified atom stereocenters. The van der Waals surface area contributed by atoms with Gasteiger partial charge in [0.25, 0.3) is 0 Å². The SMILES string of the molecule is CCOC(=O)CCN1CCN(C(=O)C=Cc2cc(OC)c(OC)c(OC)c2)CC1.O=C(O)C=CC(=O)O. The maximum Gasteiger partial charge on any atom is 0.328 e. The molecule has 1 aromatic carbocycles. The van der Waals surface area contributed by atoms with Crippen LogP contribution in [0.5, 0.6) is 17.2 Å². The standard InChI is InChI=1S/C21H30N2O6.C4H4O4/c1-5-29-20(25)8-9-22-10-12-23(13-11-22)19(24)7-6-16-14-17(26-2)21(28-4)18(15-16)27-3;5-3(6)1-2-4(7)8/h6-7,14-15H,5,8-13H2,1-4H3;1-2H,(H,5,6)(H,7,8). The van der Waals surface area contributed by atoms with Crippen molar-refractivity contribution in [2.75, 3.05) is 60.7 Å². The lowest BCUT2D eigenvalue weighted by molar-refractivity contribution is -0.144. The molecule has 1 heterocycles. The van der Waals surface area contributed by atoms with Gasteiger partial charge in [-0.2, -0.15) is 0 Å². The number of methoxy groups -OCH3 is 3. The number of amides is 1. The van der Waals surface area contributed by atoms with E-state index in [1.807, 2.05) is 0 Å². The van der Waals surface area contributed by atoms with E-state index in [9.17, 15) is 19.2 Å². The summed E-state index contributed by atoms with van der Waals surface area (Å²) in [5.74, 6) is -1.16. The first-order valence-electron chi connectivity index (χ1n) is 11.4. The summed E-state index contributed by atoms with van der Waals surface area (Å²) in [4.78, 5) is 47.1. The van der Waals surface area contributed by atoms with Crippen LogP contribution in [0.1, 0.15) is 18.9 Å². The smallest absolute Gasteiger partial charge is 0.328 e. The lowest BCUT2D eigenvalue weighted by atomic mass is 10.1. The molecule has 2 N–H and O–H groups in total. The van der Waals surface area contributed by atoms with Crippen LogP contribution in [0.4, 0.5) is 0 Å². The number of benzene rings is 1. The molecule has 0 aromatic heterocycles. The van der Waals surface area contributed by atoms with Gasteiger partial charge >= 0.3 is 17.9 Å². The van der Waals surface area contributed by atoms with Crippen molar-refractivity contribution in [2.45, 2.75) is 13.3 Å². The second kappa shape index (κ2) is 16.6. The van der Waals surface area contributed by atoms with E-state index >= 15 is 0 Å². The topological polar surface area (TPSA) is 152 Å². The van der Waals surface area contributed by atoms with Crippen molar-refractivity contribution in [2.24, 2.45) is 0 Å². The Morgan fingerprint density at radius 2 is 1.41 bits per heavy atom. The number of hydrogen-bond acceptors (Lipinski definition) is 9. The molecule has 12 nitrogen and oxygen atoms in total. The van der Waals surface area contributed by atoms with Crippen LogP contribution in [0, 0.1) is 0 Å². The average Bonchev–Trinajstić information content (AvgIpc) is 2.89. The van der Waals surface area contributed by atoms with Crippen molar-refractivity contribution < 1.29 is 48.3 Å². The van der Waals surface area contributed by atoms with Crippen molar-refractivity contribution in [3.05, 3.63) is 35.9 Å². The minimum absolute atomic E-state index is 0.0520. The molecule has 0 bridgehead atoms. The number of piperazine rings is 1. The van der Waals surface area contributed by atoms with Crippen molar-refractivity contribution >= 4 is 29.9 Å². The van der Waals surface area contributed by atoms with E-state index in [4.69, 9.17) is 29.2 Å². The first-order chi connectivity index (χ1) is 17.6. The highest BCUT2D eigenvalue weighted by atomic mass is 16.5. The number of esters is 1. The summed E-state index contributed by atoms with van der Waals surface area (Å²) in [5.41, 5.74) is 0.779. The Morgan fingerprint density at radius 1 is 0.865 bits per heavy atom. The van der Waals surface area contributed by atoms with E-state index in [0.29, 0.717) is 62.1 Å². The van der Waals surface area contributed by atoms with Gasteiger partial charge in [-0.1, -0.05) is 0 Å². The van der Waals surface area contributed by atoms with Gasteiger partial charge < -0.3 is 34.1 Å². The van der Waals surface area contributed by atoms with E-state index in [2.05, 4.69) is 4.90 Å². The number of carbonyl (C=O) groups is 4. The molecule has 2 rings (SSSR count). The Balaban J connectivity index is 0.000000738. The van der Waals surface area contributed by atoms with E-state index in [1.54, 1.807) is 57.4 Å². The van der Waals surface area contributed by atoms with Crippen LogP contribution in [0.2, 0.25) is 0 Å². The number of nitrogens with zero attached hydrogens (tertiary/aromatic N) is 2. The fourth-order valence-corrected chi connectivity index (χ4v) is 3.29. The number of aliphatic carboxylic acids is 2. The molecule has 1 aliphatic heterocycles. The third-order valence-corrected chi connectivity index (χ3v) is 5.10. The van der Waals surface area contributed by atoms with Crippen LogP contribution < -0.4 is 14.2 Å². The van der Waals surface area contributed by atoms with Gasteiger partial charge in [-0.05, 0) is 30.7 Å². The molecule has 0 saturated carbocycles. The molecular weight excluding hydrogens is 488 g/mol. The third kappa shape index (κ3) is 11.5. The highest BCUT2D eigenvalue weighted by Crippen LogP contribution is 2.38. The first kappa shape index (κ1) is 31.0. The van der Waals surface area contributed by atoms with Gasteiger partial charge in [0.15, 0.2) is 11.5 Å². The van der Waals surface area contributed by atoms with Crippen molar-refractivity contribution in [3.63, 3.8) is 0 Å². The molecule has 1 amide bonds. The number of carboxylic acid groups (broad SMARTS) is 2. The van der Waals surface area contributed by atoms with Gasteiger partial charge in [0, 0.05) is 51.0 Å². The van der Waals surface area contributed by atoms with E-state index in [1.165, 1.54) is 0 Å². The number of rotatable bonds is 11. The second-order valence-electron chi connectivity index (χ2n) is 7.52. The normalized spacial score (nSPS) is 13.6. The summed E-state index contributed by atoms with van der Waals surface area (Å²) in [5, 5.41) is 15.6. The van der Waals surface area contributed by atoms with E-state index in [-0.39, 0.29) is 11.9 Å². The van der Waals surface area contributed by atoms with Crippen LogP contribution in [-0.2, 0) is 23.9 Å². The average molecular weight is 523 g/mol. The molecule has 0 atom stereocenters. The molecule has 1 aliphatic rings. The molecule has 204 valence electrons. The summed E-state index contributed by atoms with van der Waals surface area (Å²) in [6, 6.07) is 3.58. The van der Waals surface area contributed by atoms with Gasteiger partial charge in [0.05, 0.1) is 34.4 Å². The summed E-state index contributed by atoms with van der Waals surface area (Å²) >= 11 is 0. The summed E-state index contributed by atoms with van der Waals surface area (Å²) in [6.45, 7) is 5.59. The highest BCUT2D eigenvalue weighted by molar-refractivity contribution is 5.92. The highest BCUT2D eigenvalue weighted by Gasteiger charge is 2.20. The number of carbonyl (C=O) groups excluding carboxylic acids is 2. The molecule has 0 aliphatic carbocycles. The minimum atomic E-state index is -1.26. The Morgan fingerprint density at radius 3 is 1.84 bits per heavy atom. The molecule has 37 heavy (non-hydrogen) atoms. The monoisotopic (exact) mass is 522 g/mol. The summed E-state index contributed by atoms with van der Waals surface area (Å²) in [7, 11) is 4.65. The van der Waals surface area contributed by atoms with Crippen molar-refractivity contribution in [1.82, 2.24) is 9.80 Å². The fraction of sp³-hybridized carbons (Fsp3) is 0.440. The van der Waals surface area contributed by atoms with Crippen molar-refractivity contribution in [3.8, 4) is 17.2 Å². The van der Waals surface area contributed by atoms with Gasteiger partial charge in [-0.3, -0.25) is 14.5 Å². The van der Waals surface area contributed by atoms with Gasteiger partial charge in [-0.15, -0.1) is 0 Å². The van der Waals surface area contributed by atoms with Gasteiger partial charge in [-0.25, -0.2) is 9.59 Å². The Labute approximate surface area is 215 Å². The van der Waals surface area contributed by atoms with Crippen LogP contribution in [-0.4, -0.2) is 104 Å². The number of ether oxygens (including phenoxy) is 4. The quantitative estimate of drug-likeness (QED) is 0.321. The largest absolute Gasteiger partial charge is 0.493 e. The lowest BCUT2D eigenvalue weighted by Gasteiger charge is -2.34. The Bertz CT molecular complexity index is 941. The zero-order valence-electron chi connectivity index (χ0n) is 21.5. The lowest BCUT2D eigenvalue weighted by Crippen LogP contribution is -2.48. The zero-order chi connectivity index (χ0) is 27.8. The zero-order valence-corrected chi connectivity index (χ0v) is 21.5. The molecule has 1 saturated heterocycles. The van der Waals surface area contributed by atoms with E-state index in [0.717, 1.165) is 18.7 Å².